The standard InChI is InChI=1S/C6H9IO6/c7-6(12)3(10)5(11)13-4(6)2(9)1-8/h2-4,8-10,12H,1H2/t2?,3?,4-,6?/m1/s1. The van der Waals surface area contributed by atoms with Gasteiger partial charge in [0.2, 0.25) is 0 Å². The van der Waals surface area contributed by atoms with Crippen molar-refractivity contribution in [3.63, 3.8) is 0 Å². The third-order valence-electron chi connectivity index (χ3n) is 1.79. The molecule has 0 aromatic heterocycles. The molecule has 6 nitrogen and oxygen atoms in total. The number of esters is 1. The Kier molecular flexibility index (Phi) is 3.12. The molecule has 3 unspecified atom stereocenters. The molecule has 1 saturated heterocycles. The molecule has 1 rings (SSSR count). The third kappa shape index (κ3) is 1.79. The highest BCUT2D eigenvalue weighted by molar-refractivity contribution is 14.1. The van der Waals surface area contributed by atoms with Gasteiger partial charge < -0.3 is 25.2 Å². The van der Waals surface area contributed by atoms with Gasteiger partial charge >= 0.3 is 5.97 Å². The molecule has 13 heavy (non-hydrogen) atoms. The molecule has 1 fully saturated rings. The third-order valence-corrected chi connectivity index (χ3v) is 2.99. The number of halogens is 1. The van der Waals surface area contributed by atoms with Crippen molar-refractivity contribution in [2.45, 2.75) is 21.9 Å². The van der Waals surface area contributed by atoms with Gasteiger partial charge in [0.1, 0.15) is 6.10 Å². The van der Waals surface area contributed by atoms with Crippen LogP contribution < -0.4 is 0 Å². The summed E-state index contributed by atoms with van der Waals surface area (Å²) < 4.78 is 2.59. The van der Waals surface area contributed by atoms with E-state index in [4.69, 9.17) is 15.3 Å². The Morgan fingerprint density at radius 1 is 1.69 bits per heavy atom. The number of rotatable bonds is 2. The Morgan fingerprint density at radius 3 is 2.54 bits per heavy atom. The normalized spacial score (nSPS) is 41.8. The molecule has 0 aromatic carbocycles. The van der Waals surface area contributed by atoms with Crippen LogP contribution in [0.15, 0.2) is 0 Å². The fraction of sp³-hybridized carbons (Fsp3) is 0.833. The van der Waals surface area contributed by atoms with Gasteiger partial charge in [0.15, 0.2) is 15.8 Å². The maximum atomic E-state index is 10.8. The molecule has 0 spiro atoms. The Bertz CT molecular complexity index is 217. The van der Waals surface area contributed by atoms with Crippen molar-refractivity contribution in [2.75, 3.05) is 6.61 Å². The van der Waals surface area contributed by atoms with E-state index in [0.717, 1.165) is 0 Å². The molecular weight excluding hydrogens is 295 g/mol. The first kappa shape index (κ1) is 11.1. The van der Waals surface area contributed by atoms with Gasteiger partial charge in [-0.2, -0.15) is 0 Å². The minimum absolute atomic E-state index is 0.657. The molecule has 1 aliphatic heterocycles. The van der Waals surface area contributed by atoms with E-state index in [2.05, 4.69) is 4.74 Å². The monoisotopic (exact) mass is 304 g/mol. The first-order valence-corrected chi connectivity index (χ1v) is 4.58. The summed E-state index contributed by atoms with van der Waals surface area (Å²) in [6.07, 6.45) is -4.40. The summed E-state index contributed by atoms with van der Waals surface area (Å²) in [5, 5.41) is 36.3. The fourth-order valence-electron chi connectivity index (χ4n) is 1.04. The van der Waals surface area contributed by atoms with Crippen molar-refractivity contribution >= 4 is 28.6 Å². The van der Waals surface area contributed by atoms with Crippen LogP contribution in [0.4, 0.5) is 0 Å². The zero-order valence-corrected chi connectivity index (χ0v) is 8.58. The summed E-state index contributed by atoms with van der Waals surface area (Å²) in [4.78, 5) is 10.8. The number of hydrogen-bond acceptors (Lipinski definition) is 6. The van der Waals surface area contributed by atoms with Gasteiger partial charge in [-0.1, -0.05) is 0 Å². The number of aliphatic hydroxyl groups excluding tert-OH is 3. The predicted molar refractivity (Wildman–Crippen MR) is 47.9 cm³/mol. The van der Waals surface area contributed by atoms with Crippen LogP contribution in [0.2, 0.25) is 0 Å². The highest BCUT2D eigenvalue weighted by atomic mass is 127. The second-order valence-corrected chi connectivity index (χ2v) is 4.47. The second-order valence-electron chi connectivity index (χ2n) is 2.74. The van der Waals surface area contributed by atoms with Gasteiger partial charge in [0.05, 0.1) is 6.61 Å². The van der Waals surface area contributed by atoms with Crippen LogP contribution in [0, 0.1) is 0 Å². The molecule has 1 aliphatic rings. The van der Waals surface area contributed by atoms with Crippen LogP contribution >= 0.6 is 22.6 Å². The smallest absolute Gasteiger partial charge is 0.339 e. The summed E-state index contributed by atoms with van der Waals surface area (Å²) in [7, 11) is 0. The number of hydrogen-bond donors (Lipinski definition) is 4. The Labute approximate surface area is 87.3 Å². The van der Waals surface area contributed by atoms with Crippen molar-refractivity contribution in [3.8, 4) is 0 Å². The minimum Gasteiger partial charge on any atom is -0.453 e. The zero-order valence-electron chi connectivity index (χ0n) is 6.42. The Balaban J connectivity index is 2.84. The van der Waals surface area contributed by atoms with E-state index in [9.17, 15) is 9.90 Å². The van der Waals surface area contributed by atoms with Crippen molar-refractivity contribution in [1.29, 1.82) is 0 Å². The van der Waals surface area contributed by atoms with E-state index < -0.39 is 34.5 Å². The fourth-order valence-corrected chi connectivity index (χ4v) is 1.83. The lowest BCUT2D eigenvalue weighted by Crippen LogP contribution is -2.48. The van der Waals surface area contributed by atoms with E-state index in [1.807, 2.05) is 0 Å². The zero-order chi connectivity index (χ0) is 10.2. The van der Waals surface area contributed by atoms with E-state index >= 15 is 0 Å². The lowest BCUT2D eigenvalue weighted by atomic mass is 10.1. The lowest BCUT2D eigenvalue weighted by molar-refractivity contribution is -0.151. The molecule has 0 aliphatic carbocycles. The van der Waals surface area contributed by atoms with Crippen LogP contribution in [0.5, 0.6) is 0 Å². The molecular formula is C6H9IO6. The summed E-state index contributed by atoms with van der Waals surface area (Å²) in [6, 6.07) is 0. The van der Waals surface area contributed by atoms with Gasteiger partial charge in [-0.15, -0.1) is 0 Å². The molecule has 76 valence electrons. The molecule has 0 radical (unpaired) electrons. The molecule has 7 heteroatoms. The average Bonchev–Trinajstić information content (AvgIpc) is 2.28. The number of ether oxygens (including phenoxy) is 1. The van der Waals surface area contributed by atoms with E-state index in [1.54, 1.807) is 0 Å². The summed E-state index contributed by atoms with van der Waals surface area (Å²) in [5.74, 6) is -1.01. The van der Waals surface area contributed by atoms with Gasteiger partial charge in [0.25, 0.3) is 0 Å². The van der Waals surface area contributed by atoms with Crippen molar-refractivity contribution in [1.82, 2.24) is 0 Å². The molecule has 4 atom stereocenters. The maximum absolute atomic E-state index is 10.8. The van der Waals surface area contributed by atoms with Gasteiger partial charge in [-0.05, 0) is 22.6 Å². The summed E-state index contributed by atoms with van der Waals surface area (Å²) in [5.41, 5.74) is 0. The van der Waals surface area contributed by atoms with Gasteiger partial charge in [0, 0.05) is 0 Å². The molecule has 1 heterocycles. The Hall–Kier alpha value is 0.0400. The van der Waals surface area contributed by atoms with Crippen molar-refractivity contribution in [3.05, 3.63) is 0 Å². The number of aliphatic hydroxyl groups is 4. The van der Waals surface area contributed by atoms with Crippen molar-refractivity contribution in [2.24, 2.45) is 0 Å². The van der Waals surface area contributed by atoms with Crippen LogP contribution in [-0.4, -0.2) is 54.9 Å². The van der Waals surface area contributed by atoms with E-state index in [0.29, 0.717) is 0 Å². The molecule has 0 aromatic rings. The number of carbonyl (C=O) groups excluding carboxylic acids is 1. The highest BCUT2D eigenvalue weighted by Crippen LogP contribution is 2.35. The lowest BCUT2D eigenvalue weighted by Gasteiger charge is -2.25. The van der Waals surface area contributed by atoms with Crippen molar-refractivity contribution < 1.29 is 30.0 Å². The molecule has 4 N–H and O–H groups in total. The maximum Gasteiger partial charge on any atom is 0.339 e. The topological polar surface area (TPSA) is 107 Å². The second kappa shape index (κ2) is 3.65. The largest absolute Gasteiger partial charge is 0.453 e. The first-order valence-electron chi connectivity index (χ1n) is 3.50. The van der Waals surface area contributed by atoms with Crippen LogP contribution in [0.25, 0.3) is 0 Å². The molecule has 0 saturated carbocycles. The number of cyclic esters (lactones) is 1. The first-order chi connectivity index (χ1) is 5.91. The molecule has 0 bridgehead atoms. The number of carbonyl (C=O) groups is 1. The van der Waals surface area contributed by atoms with Crippen LogP contribution in [-0.2, 0) is 9.53 Å². The van der Waals surface area contributed by atoms with Gasteiger partial charge in [-0.3, -0.25) is 0 Å². The van der Waals surface area contributed by atoms with Crippen LogP contribution in [0.1, 0.15) is 0 Å². The number of alkyl halides is 1. The van der Waals surface area contributed by atoms with E-state index in [1.165, 1.54) is 22.6 Å². The quantitative estimate of drug-likeness (QED) is 0.261. The minimum atomic E-state index is -1.89. The summed E-state index contributed by atoms with van der Waals surface area (Å²) >= 11 is 1.40. The average molecular weight is 304 g/mol. The van der Waals surface area contributed by atoms with Gasteiger partial charge in [-0.25, -0.2) is 4.79 Å². The summed E-state index contributed by atoms with van der Waals surface area (Å²) in [6.45, 7) is -0.657. The Morgan fingerprint density at radius 2 is 2.23 bits per heavy atom. The van der Waals surface area contributed by atoms with E-state index in [-0.39, 0.29) is 0 Å². The highest BCUT2D eigenvalue weighted by Gasteiger charge is 2.57. The molecule has 0 amide bonds. The predicted octanol–water partition coefficient (Wildman–Crippen LogP) is -2.25. The van der Waals surface area contributed by atoms with Crippen LogP contribution in [0.3, 0.4) is 0 Å². The SMILES string of the molecule is O=C1O[C@H](C(O)CO)C(O)(I)C1O.